The fourth-order valence-electron chi connectivity index (χ4n) is 1.74. The molecule has 0 aliphatic heterocycles. The monoisotopic (exact) mass is 294 g/mol. The van der Waals surface area contributed by atoms with Crippen molar-refractivity contribution >= 4 is 12.0 Å². The predicted octanol–water partition coefficient (Wildman–Crippen LogP) is 2.98. The summed E-state index contributed by atoms with van der Waals surface area (Å²) in [6, 6.07) is 13.1. The van der Waals surface area contributed by atoms with Crippen LogP contribution in [0.3, 0.4) is 0 Å². The molecule has 1 N–H and O–H groups in total. The quantitative estimate of drug-likeness (QED) is 0.631. The highest BCUT2D eigenvalue weighted by molar-refractivity contribution is 5.91. The molecule has 4 nitrogen and oxygen atoms in total. The van der Waals surface area contributed by atoms with Crippen molar-refractivity contribution < 1.29 is 9.53 Å². The van der Waals surface area contributed by atoms with E-state index in [1.807, 2.05) is 42.5 Å². The van der Waals surface area contributed by atoms with Crippen molar-refractivity contribution in [2.45, 2.75) is 6.54 Å². The third-order valence-electron chi connectivity index (χ3n) is 2.84. The van der Waals surface area contributed by atoms with Gasteiger partial charge >= 0.3 is 0 Å². The third kappa shape index (κ3) is 5.25. The number of pyridine rings is 1. The van der Waals surface area contributed by atoms with Crippen molar-refractivity contribution in [2.24, 2.45) is 0 Å². The van der Waals surface area contributed by atoms with Gasteiger partial charge in [0.15, 0.2) is 0 Å². The molecule has 0 spiro atoms. The zero-order valence-electron chi connectivity index (χ0n) is 12.2. The largest absolute Gasteiger partial charge is 0.490 e. The predicted molar refractivity (Wildman–Crippen MR) is 87.3 cm³/mol. The van der Waals surface area contributed by atoms with Crippen molar-refractivity contribution in [3.05, 3.63) is 78.6 Å². The summed E-state index contributed by atoms with van der Waals surface area (Å²) in [5, 5.41) is 2.78. The number of carbonyl (C=O) groups is 1. The Morgan fingerprint density at radius 1 is 1.23 bits per heavy atom. The molecule has 0 aliphatic rings. The van der Waals surface area contributed by atoms with E-state index in [9.17, 15) is 4.79 Å². The second-order valence-corrected chi connectivity index (χ2v) is 4.54. The molecule has 0 saturated carbocycles. The number of nitrogens with zero attached hydrogens (tertiary/aromatic N) is 1. The van der Waals surface area contributed by atoms with Gasteiger partial charge in [0.05, 0.1) is 12.2 Å². The number of amides is 1. The summed E-state index contributed by atoms with van der Waals surface area (Å²) in [7, 11) is 0. The van der Waals surface area contributed by atoms with Crippen LogP contribution in [0.2, 0.25) is 0 Å². The number of hydrogen-bond acceptors (Lipinski definition) is 3. The van der Waals surface area contributed by atoms with E-state index in [0.717, 1.165) is 17.0 Å². The first-order chi connectivity index (χ1) is 10.8. The second-order valence-electron chi connectivity index (χ2n) is 4.54. The first-order valence-corrected chi connectivity index (χ1v) is 6.97. The Hall–Kier alpha value is -2.88. The fraction of sp³-hybridized carbons (Fsp3) is 0.111. The van der Waals surface area contributed by atoms with E-state index in [0.29, 0.717) is 13.2 Å². The number of carbonyl (C=O) groups excluding carboxylic acids is 1. The highest BCUT2D eigenvalue weighted by Crippen LogP contribution is 2.13. The van der Waals surface area contributed by atoms with Crippen molar-refractivity contribution in [3.8, 4) is 5.75 Å². The van der Waals surface area contributed by atoms with Crippen LogP contribution in [-0.2, 0) is 11.3 Å². The van der Waals surface area contributed by atoms with Gasteiger partial charge in [-0.2, -0.15) is 0 Å². The van der Waals surface area contributed by atoms with E-state index >= 15 is 0 Å². The van der Waals surface area contributed by atoms with Crippen LogP contribution >= 0.6 is 0 Å². The van der Waals surface area contributed by atoms with Gasteiger partial charge in [0.1, 0.15) is 12.4 Å². The minimum Gasteiger partial charge on any atom is -0.490 e. The molecule has 2 rings (SSSR count). The topological polar surface area (TPSA) is 51.2 Å². The van der Waals surface area contributed by atoms with Crippen molar-refractivity contribution in [1.29, 1.82) is 0 Å². The van der Waals surface area contributed by atoms with Gasteiger partial charge < -0.3 is 10.1 Å². The Balaban J connectivity index is 1.83. The molecule has 0 unspecified atom stereocenters. The van der Waals surface area contributed by atoms with Crippen LogP contribution in [0.1, 0.15) is 11.3 Å². The van der Waals surface area contributed by atoms with Crippen LogP contribution < -0.4 is 10.1 Å². The summed E-state index contributed by atoms with van der Waals surface area (Å²) in [4.78, 5) is 15.9. The molecule has 4 heteroatoms. The summed E-state index contributed by atoms with van der Waals surface area (Å²) in [6.45, 7) is 4.49. The maximum absolute atomic E-state index is 11.7. The Morgan fingerprint density at radius 2 is 2.05 bits per heavy atom. The van der Waals surface area contributed by atoms with Crippen LogP contribution in [0.4, 0.5) is 0 Å². The molecule has 0 radical (unpaired) electrons. The number of benzene rings is 1. The Morgan fingerprint density at radius 3 is 2.73 bits per heavy atom. The van der Waals surface area contributed by atoms with Gasteiger partial charge in [-0.3, -0.25) is 9.78 Å². The van der Waals surface area contributed by atoms with Crippen LogP contribution in [0.15, 0.2) is 67.4 Å². The van der Waals surface area contributed by atoms with Crippen molar-refractivity contribution in [3.63, 3.8) is 0 Å². The summed E-state index contributed by atoms with van der Waals surface area (Å²) in [5.74, 6) is 0.620. The zero-order chi connectivity index (χ0) is 15.6. The number of hydrogen-bond donors (Lipinski definition) is 1. The minimum atomic E-state index is -0.155. The molecule has 0 atom stereocenters. The lowest BCUT2D eigenvalue weighted by Crippen LogP contribution is -2.20. The number of rotatable bonds is 7. The first kappa shape index (κ1) is 15.5. The smallest absolute Gasteiger partial charge is 0.244 e. The average molecular weight is 294 g/mol. The molecule has 112 valence electrons. The molecule has 1 heterocycles. The fourth-order valence-corrected chi connectivity index (χ4v) is 1.74. The molecule has 22 heavy (non-hydrogen) atoms. The van der Waals surface area contributed by atoms with Crippen LogP contribution in [0.25, 0.3) is 6.08 Å². The molecular weight excluding hydrogens is 276 g/mol. The molecule has 0 bridgehead atoms. The van der Waals surface area contributed by atoms with E-state index in [1.165, 1.54) is 6.08 Å². The molecule has 1 amide bonds. The lowest BCUT2D eigenvalue weighted by Gasteiger charge is -2.03. The maximum atomic E-state index is 11.7. The Bertz CT molecular complexity index is 634. The van der Waals surface area contributed by atoms with E-state index in [2.05, 4.69) is 16.9 Å². The van der Waals surface area contributed by atoms with Gasteiger partial charge in [-0.1, -0.05) is 30.9 Å². The SMILES string of the molecule is C=CCOc1ccc(/C=C/C(=O)NCc2ccccn2)cc1. The van der Waals surface area contributed by atoms with Crippen LogP contribution in [0, 0.1) is 0 Å². The first-order valence-electron chi connectivity index (χ1n) is 6.97. The minimum absolute atomic E-state index is 0.155. The molecule has 0 saturated heterocycles. The average Bonchev–Trinajstić information content (AvgIpc) is 2.58. The molecule has 2 aromatic rings. The second kappa shape index (κ2) is 8.42. The number of aromatic nitrogens is 1. The van der Waals surface area contributed by atoms with Gasteiger partial charge in [-0.25, -0.2) is 0 Å². The van der Waals surface area contributed by atoms with Crippen molar-refractivity contribution in [2.75, 3.05) is 6.61 Å². The normalized spacial score (nSPS) is 10.4. The molecule has 0 aliphatic carbocycles. The van der Waals surface area contributed by atoms with Gasteiger partial charge in [0.25, 0.3) is 0 Å². The van der Waals surface area contributed by atoms with Crippen molar-refractivity contribution in [1.82, 2.24) is 10.3 Å². The van der Waals surface area contributed by atoms with E-state index < -0.39 is 0 Å². The third-order valence-corrected chi connectivity index (χ3v) is 2.84. The van der Waals surface area contributed by atoms with Gasteiger partial charge in [-0.15, -0.1) is 0 Å². The lowest BCUT2D eigenvalue weighted by atomic mass is 10.2. The highest BCUT2D eigenvalue weighted by atomic mass is 16.5. The molecular formula is C18H18N2O2. The number of nitrogens with one attached hydrogen (secondary N) is 1. The summed E-state index contributed by atoms with van der Waals surface area (Å²) < 4.78 is 5.39. The van der Waals surface area contributed by atoms with E-state index in [1.54, 1.807) is 18.3 Å². The summed E-state index contributed by atoms with van der Waals surface area (Å²) in [6.07, 6.45) is 6.65. The molecule has 1 aromatic carbocycles. The van der Waals surface area contributed by atoms with Crippen LogP contribution in [-0.4, -0.2) is 17.5 Å². The van der Waals surface area contributed by atoms with Gasteiger partial charge in [0, 0.05) is 12.3 Å². The highest BCUT2D eigenvalue weighted by Gasteiger charge is 1.97. The van der Waals surface area contributed by atoms with E-state index in [-0.39, 0.29) is 5.91 Å². The molecule has 0 fully saturated rings. The van der Waals surface area contributed by atoms with Gasteiger partial charge in [0.2, 0.25) is 5.91 Å². The molecule has 1 aromatic heterocycles. The van der Waals surface area contributed by atoms with Crippen LogP contribution in [0.5, 0.6) is 5.75 Å². The summed E-state index contributed by atoms with van der Waals surface area (Å²) >= 11 is 0. The lowest BCUT2D eigenvalue weighted by molar-refractivity contribution is -0.116. The Labute approximate surface area is 130 Å². The Kier molecular flexibility index (Phi) is 5.93. The standard InChI is InChI=1S/C18H18N2O2/c1-2-13-22-17-9-6-15(7-10-17)8-11-18(21)20-14-16-5-3-4-12-19-16/h2-12H,1,13-14H2,(H,20,21)/b11-8+. The maximum Gasteiger partial charge on any atom is 0.244 e. The van der Waals surface area contributed by atoms with E-state index in [4.69, 9.17) is 4.74 Å². The number of ether oxygens (including phenoxy) is 1. The summed E-state index contributed by atoms with van der Waals surface area (Å²) in [5.41, 5.74) is 1.76. The van der Waals surface area contributed by atoms with Gasteiger partial charge in [-0.05, 0) is 35.9 Å². The zero-order valence-corrected chi connectivity index (χ0v) is 12.2.